The van der Waals surface area contributed by atoms with Crippen LogP contribution in [0.15, 0.2) is 73.4 Å². The van der Waals surface area contributed by atoms with Crippen LogP contribution in [0.5, 0.6) is 23.0 Å². The third kappa shape index (κ3) is 4.12. The van der Waals surface area contributed by atoms with Gasteiger partial charge in [0.2, 0.25) is 5.75 Å². The highest BCUT2D eigenvalue weighted by Crippen LogP contribution is 2.39. The van der Waals surface area contributed by atoms with Crippen molar-refractivity contribution in [2.75, 3.05) is 28.4 Å². The van der Waals surface area contributed by atoms with Gasteiger partial charge in [-0.1, -0.05) is 36.9 Å². The van der Waals surface area contributed by atoms with Gasteiger partial charge in [0.25, 0.3) is 5.91 Å². The first-order valence-corrected chi connectivity index (χ1v) is 10.8. The molecule has 0 saturated carbocycles. The number of aromatic nitrogens is 1. The van der Waals surface area contributed by atoms with Gasteiger partial charge in [0.05, 0.1) is 39.5 Å². The fourth-order valence-electron chi connectivity index (χ4n) is 4.05. The number of hydrogen-bond acceptors (Lipinski definition) is 6. The first-order chi connectivity index (χ1) is 16.9. The van der Waals surface area contributed by atoms with E-state index in [1.165, 1.54) is 33.0 Å². The van der Waals surface area contributed by atoms with E-state index < -0.39 is 0 Å². The van der Waals surface area contributed by atoms with Crippen LogP contribution in [0.4, 0.5) is 0 Å². The Labute approximate surface area is 203 Å². The van der Waals surface area contributed by atoms with Crippen molar-refractivity contribution in [2.24, 2.45) is 0 Å². The second-order valence-corrected chi connectivity index (χ2v) is 7.66. The Kier molecular flexibility index (Phi) is 6.59. The van der Waals surface area contributed by atoms with Crippen LogP contribution in [-0.4, -0.2) is 44.7 Å². The van der Waals surface area contributed by atoms with Crippen molar-refractivity contribution < 1.29 is 28.5 Å². The van der Waals surface area contributed by atoms with Crippen LogP contribution in [0, 0.1) is 0 Å². The first kappa shape index (κ1) is 23.6. The number of nitrogens with zero attached hydrogens (tertiary/aromatic N) is 1. The minimum absolute atomic E-state index is 0.224. The Morgan fingerprint density at radius 2 is 1.34 bits per heavy atom. The molecule has 4 aromatic rings. The van der Waals surface area contributed by atoms with Crippen molar-refractivity contribution in [2.45, 2.75) is 0 Å². The van der Waals surface area contributed by atoms with E-state index in [9.17, 15) is 9.59 Å². The number of ketones is 1. The van der Waals surface area contributed by atoms with Crippen molar-refractivity contribution in [1.82, 2.24) is 4.57 Å². The van der Waals surface area contributed by atoms with Crippen molar-refractivity contribution in [3.05, 3.63) is 90.1 Å². The van der Waals surface area contributed by atoms with Crippen LogP contribution < -0.4 is 18.9 Å². The summed E-state index contributed by atoms with van der Waals surface area (Å²) in [4.78, 5) is 27.0. The van der Waals surface area contributed by atoms with Gasteiger partial charge in [0, 0.05) is 28.3 Å². The fraction of sp³-hybridized carbons (Fsp3) is 0.143. The SMILES string of the molecule is C=C(C(=O)c1cc(OC)c(OC)c(OC)c1)c1cn(C(=O)c2ccccc2OC)c2ccccc12. The number of benzene rings is 3. The molecule has 178 valence electrons. The number of ether oxygens (including phenoxy) is 4. The van der Waals surface area contributed by atoms with Crippen molar-refractivity contribution in [3.63, 3.8) is 0 Å². The van der Waals surface area contributed by atoms with E-state index in [1.807, 2.05) is 24.3 Å². The molecule has 0 aliphatic heterocycles. The Morgan fingerprint density at radius 1 is 0.743 bits per heavy atom. The normalized spacial score (nSPS) is 10.6. The number of carbonyl (C=O) groups is 2. The molecule has 0 unspecified atom stereocenters. The molecule has 0 spiro atoms. The minimum Gasteiger partial charge on any atom is -0.496 e. The lowest BCUT2D eigenvalue weighted by molar-refractivity contribution is 0.0960. The lowest BCUT2D eigenvalue weighted by Gasteiger charge is -2.14. The fourth-order valence-corrected chi connectivity index (χ4v) is 4.05. The molecule has 0 saturated heterocycles. The lowest BCUT2D eigenvalue weighted by Crippen LogP contribution is -2.12. The highest BCUT2D eigenvalue weighted by molar-refractivity contribution is 6.31. The molecule has 35 heavy (non-hydrogen) atoms. The van der Waals surface area contributed by atoms with E-state index in [0.29, 0.717) is 45.2 Å². The van der Waals surface area contributed by atoms with E-state index in [0.717, 1.165) is 5.39 Å². The highest BCUT2D eigenvalue weighted by atomic mass is 16.5. The van der Waals surface area contributed by atoms with E-state index in [-0.39, 0.29) is 17.3 Å². The van der Waals surface area contributed by atoms with Gasteiger partial charge in [-0.2, -0.15) is 0 Å². The number of hydrogen-bond donors (Lipinski definition) is 0. The number of para-hydroxylation sites is 2. The summed E-state index contributed by atoms with van der Waals surface area (Å²) in [5.41, 5.74) is 2.14. The predicted molar refractivity (Wildman–Crippen MR) is 134 cm³/mol. The summed E-state index contributed by atoms with van der Waals surface area (Å²) in [5.74, 6) is 0.948. The monoisotopic (exact) mass is 471 g/mol. The van der Waals surface area contributed by atoms with Crippen LogP contribution in [0.2, 0.25) is 0 Å². The van der Waals surface area contributed by atoms with Crippen molar-refractivity contribution in [3.8, 4) is 23.0 Å². The van der Waals surface area contributed by atoms with E-state index in [2.05, 4.69) is 6.58 Å². The second kappa shape index (κ2) is 9.77. The maximum absolute atomic E-state index is 13.5. The smallest absolute Gasteiger partial charge is 0.266 e. The molecular weight excluding hydrogens is 446 g/mol. The van der Waals surface area contributed by atoms with Gasteiger partial charge in [0.1, 0.15) is 5.75 Å². The third-order valence-electron chi connectivity index (χ3n) is 5.79. The Bertz CT molecular complexity index is 1420. The van der Waals surface area contributed by atoms with Gasteiger partial charge in [-0.05, 0) is 30.3 Å². The number of methoxy groups -OCH3 is 4. The standard InChI is InChI=1S/C28H25NO6/c1-17(26(30)18-14-24(33-3)27(35-5)25(15-18)34-4)21-16-29(22-12-8-6-10-19(21)22)28(31)20-11-7-9-13-23(20)32-2/h6-16H,1H2,2-5H3. The van der Waals surface area contributed by atoms with Gasteiger partial charge in [-0.3, -0.25) is 14.2 Å². The van der Waals surface area contributed by atoms with Gasteiger partial charge < -0.3 is 18.9 Å². The third-order valence-corrected chi connectivity index (χ3v) is 5.79. The zero-order chi connectivity index (χ0) is 25.1. The van der Waals surface area contributed by atoms with Crippen molar-refractivity contribution in [1.29, 1.82) is 0 Å². The molecule has 0 N–H and O–H groups in total. The summed E-state index contributed by atoms with van der Waals surface area (Å²) in [6, 6.07) is 17.5. The lowest BCUT2D eigenvalue weighted by atomic mass is 9.97. The molecule has 4 rings (SSSR count). The maximum Gasteiger partial charge on any atom is 0.266 e. The largest absolute Gasteiger partial charge is 0.496 e. The van der Waals surface area contributed by atoms with Crippen LogP contribution in [-0.2, 0) is 0 Å². The molecule has 7 nitrogen and oxygen atoms in total. The molecule has 3 aromatic carbocycles. The second-order valence-electron chi connectivity index (χ2n) is 7.66. The van der Waals surface area contributed by atoms with Crippen LogP contribution in [0.3, 0.4) is 0 Å². The molecule has 0 fully saturated rings. The van der Waals surface area contributed by atoms with E-state index in [4.69, 9.17) is 18.9 Å². The number of carbonyl (C=O) groups excluding carboxylic acids is 2. The minimum atomic E-state index is -0.336. The average Bonchev–Trinajstić information content (AvgIpc) is 3.30. The summed E-state index contributed by atoms with van der Waals surface area (Å²) in [7, 11) is 5.98. The average molecular weight is 472 g/mol. The topological polar surface area (TPSA) is 76.0 Å². The Morgan fingerprint density at radius 3 is 1.97 bits per heavy atom. The predicted octanol–water partition coefficient (Wildman–Crippen LogP) is 5.26. The molecule has 0 amide bonds. The number of rotatable bonds is 8. The van der Waals surface area contributed by atoms with Crippen molar-refractivity contribution >= 4 is 28.2 Å². The summed E-state index contributed by atoms with van der Waals surface area (Å²) in [5, 5.41) is 0.724. The number of fused-ring (bicyclic) bond motifs is 1. The first-order valence-electron chi connectivity index (χ1n) is 10.8. The number of allylic oxidation sites excluding steroid dienone is 1. The van der Waals surface area contributed by atoms with Crippen LogP contribution in [0.25, 0.3) is 16.5 Å². The molecule has 0 aliphatic carbocycles. The van der Waals surface area contributed by atoms with E-state index >= 15 is 0 Å². The quantitative estimate of drug-likeness (QED) is 0.258. The highest BCUT2D eigenvalue weighted by Gasteiger charge is 2.24. The molecular formula is C28H25NO6. The Hall–Kier alpha value is -4.52. The molecule has 0 bridgehead atoms. The summed E-state index contributed by atoms with van der Waals surface area (Å²) < 4.78 is 23.0. The molecule has 1 aromatic heterocycles. The zero-order valence-corrected chi connectivity index (χ0v) is 20.0. The van der Waals surface area contributed by atoms with Crippen LogP contribution in [0.1, 0.15) is 26.3 Å². The van der Waals surface area contributed by atoms with Gasteiger partial charge >= 0.3 is 0 Å². The van der Waals surface area contributed by atoms with Crippen LogP contribution >= 0.6 is 0 Å². The summed E-state index contributed by atoms with van der Waals surface area (Å²) in [6.45, 7) is 4.07. The molecule has 0 radical (unpaired) electrons. The summed E-state index contributed by atoms with van der Waals surface area (Å²) in [6.07, 6.45) is 1.64. The summed E-state index contributed by atoms with van der Waals surface area (Å²) >= 11 is 0. The molecule has 0 atom stereocenters. The molecule has 0 aliphatic rings. The number of Topliss-reactive ketones (excluding diaryl/α,β-unsaturated/α-hetero) is 1. The molecule has 1 heterocycles. The van der Waals surface area contributed by atoms with E-state index in [1.54, 1.807) is 42.6 Å². The van der Waals surface area contributed by atoms with Gasteiger partial charge in [-0.25, -0.2) is 0 Å². The molecule has 7 heteroatoms. The van der Waals surface area contributed by atoms with Gasteiger partial charge in [0.15, 0.2) is 17.3 Å². The zero-order valence-electron chi connectivity index (χ0n) is 20.0. The maximum atomic E-state index is 13.5. The van der Waals surface area contributed by atoms with Gasteiger partial charge in [-0.15, -0.1) is 0 Å². The Balaban J connectivity index is 1.81.